The number of aromatic nitrogens is 4. The van der Waals surface area contributed by atoms with E-state index in [4.69, 9.17) is 4.98 Å². The topological polar surface area (TPSA) is 67.1 Å². The lowest BCUT2D eigenvalue weighted by Gasteiger charge is -2.23. The molecule has 0 unspecified atom stereocenters. The first-order valence-corrected chi connectivity index (χ1v) is 10.1. The molecule has 4 aromatic rings. The van der Waals surface area contributed by atoms with Crippen LogP contribution in [0.2, 0.25) is 0 Å². The number of anilines is 2. The van der Waals surface area contributed by atoms with Crippen LogP contribution < -0.4 is 10.6 Å². The molecule has 0 radical (unpaired) electrons. The summed E-state index contributed by atoms with van der Waals surface area (Å²) in [6.45, 7) is 2.21. The van der Waals surface area contributed by atoms with Gasteiger partial charge in [0, 0.05) is 35.9 Å². The molecule has 0 amide bonds. The molecule has 1 aliphatic rings. The lowest BCUT2D eigenvalue weighted by atomic mass is 9.90. The van der Waals surface area contributed by atoms with E-state index in [1.54, 1.807) is 23.7 Å². The average molecular weight is 376 g/mol. The van der Waals surface area contributed by atoms with Crippen LogP contribution in [-0.4, -0.2) is 32.4 Å². The Morgan fingerprint density at radius 1 is 1.07 bits per heavy atom. The smallest absolute Gasteiger partial charge is 0.180 e. The second-order valence-corrected chi connectivity index (χ2v) is 7.64. The molecule has 1 aromatic carbocycles. The van der Waals surface area contributed by atoms with Gasteiger partial charge in [0.05, 0.1) is 0 Å². The van der Waals surface area contributed by atoms with Crippen molar-refractivity contribution in [3.8, 4) is 10.7 Å². The van der Waals surface area contributed by atoms with E-state index in [-0.39, 0.29) is 0 Å². The molecule has 0 atom stereocenters. The second kappa shape index (κ2) is 7.09. The summed E-state index contributed by atoms with van der Waals surface area (Å²) < 4.78 is 1.98. The standard InChI is InChI=1S/C20H20N6S/c1-3-16(4-2-14(1)15-5-7-21-8-6-15)24-18-19-22-9-11-26(19)13-17(25-18)20-23-10-12-27-20/h1-4,9-13,15,21H,5-8H2,(H,24,25). The van der Waals surface area contributed by atoms with Gasteiger partial charge in [0.1, 0.15) is 10.7 Å². The van der Waals surface area contributed by atoms with Gasteiger partial charge in [0.2, 0.25) is 0 Å². The SMILES string of the molecule is c1csc(-c2cn3ccnc3c(Nc3ccc(C4CCNCC4)cc3)n2)n1. The third kappa shape index (κ3) is 3.31. The summed E-state index contributed by atoms with van der Waals surface area (Å²) in [5.74, 6) is 1.40. The molecule has 1 saturated heterocycles. The van der Waals surface area contributed by atoms with E-state index in [2.05, 4.69) is 44.9 Å². The maximum Gasteiger partial charge on any atom is 0.180 e. The highest BCUT2D eigenvalue weighted by atomic mass is 32.1. The van der Waals surface area contributed by atoms with Gasteiger partial charge in [-0.05, 0) is 49.5 Å². The van der Waals surface area contributed by atoms with Gasteiger partial charge < -0.3 is 15.0 Å². The molecule has 4 heterocycles. The van der Waals surface area contributed by atoms with E-state index in [9.17, 15) is 0 Å². The Bertz CT molecular complexity index is 1030. The number of imidazole rings is 1. The van der Waals surface area contributed by atoms with E-state index in [1.165, 1.54) is 18.4 Å². The molecule has 2 N–H and O–H groups in total. The van der Waals surface area contributed by atoms with Gasteiger partial charge in [-0.25, -0.2) is 15.0 Å². The van der Waals surface area contributed by atoms with Crippen molar-refractivity contribution in [3.63, 3.8) is 0 Å². The van der Waals surface area contributed by atoms with Crippen molar-refractivity contribution < 1.29 is 0 Å². The number of nitrogens with zero attached hydrogens (tertiary/aromatic N) is 4. The number of rotatable bonds is 4. The van der Waals surface area contributed by atoms with Crippen LogP contribution in [0.25, 0.3) is 16.3 Å². The van der Waals surface area contributed by atoms with Crippen molar-refractivity contribution in [1.82, 2.24) is 24.7 Å². The number of hydrogen-bond acceptors (Lipinski definition) is 6. The number of hydrogen-bond donors (Lipinski definition) is 2. The summed E-state index contributed by atoms with van der Waals surface area (Å²) in [5, 5.41) is 9.72. The van der Waals surface area contributed by atoms with Gasteiger partial charge in [-0.1, -0.05) is 12.1 Å². The molecule has 27 heavy (non-hydrogen) atoms. The van der Waals surface area contributed by atoms with Crippen molar-refractivity contribution in [2.45, 2.75) is 18.8 Å². The molecule has 7 heteroatoms. The van der Waals surface area contributed by atoms with Crippen LogP contribution in [0.1, 0.15) is 24.3 Å². The van der Waals surface area contributed by atoms with Crippen LogP contribution in [0.3, 0.4) is 0 Å². The van der Waals surface area contributed by atoms with Gasteiger partial charge in [0.15, 0.2) is 11.5 Å². The lowest BCUT2D eigenvalue weighted by molar-refractivity contribution is 0.460. The second-order valence-electron chi connectivity index (χ2n) is 6.74. The Labute approximate surface area is 161 Å². The van der Waals surface area contributed by atoms with E-state index < -0.39 is 0 Å². The van der Waals surface area contributed by atoms with E-state index in [0.29, 0.717) is 5.92 Å². The Morgan fingerprint density at radius 2 is 1.93 bits per heavy atom. The van der Waals surface area contributed by atoms with Crippen molar-refractivity contribution in [2.75, 3.05) is 18.4 Å². The number of thiazole rings is 1. The Balaban J connectivity index is 1.44. The Morgan fingerprint density at radius 3 is 2.70 bits per heavy atom. The summed E-state index contributed by atoms with van der Waals surface area (Å²) in [4.78, 5) is 13.6. The minimum atomic E-state index is 0.658. The largest absolute Gasteiger partial charge is 0.337 e. The minimum absolute atomic E-state index is 0.658. The quantitative estimate of drug-likeness (QED) is 0.562. The highest BCUT2D eigenvalue weighted by molar-refractivity contribution is 7.13. The van der Waals surface area contributed by atoms with Crippen LogP contribution in [0.4, 0.5) is 11.5 Å². The van der Waals surface area contributed by atoms with Gasteiger partial charge in [-0.3, -0.25) is 0 Å². The van der Waals surface area contributed by atoms with E-state index in [1.807, 2.05) is 22.2 Å². The zero-order valence-electron chi connectivity index (χ0n) is 14.8. The number of piperidine rings is 1. The fourth-order valence-electron chi connectivity index (χ4n) is 3.60. The third-order valence-electron chi connectivity index (χ3n) is 5.01. The maximum absolute atomic E-state index is 4.77. The monoisotopic (exact) mass is 376 g/mol. The molecule has 1 fully saturated rings. The van der Waals surface area contributed by atoms with Crippen LogP contribution in [-0.2, 0) is 0 Å². The predicted molar refractivity (Wildman–Crippen MR) is 109 cm³/mol. The molecule has 1 aliphatic heterocycles. The van der Waals surface area contributed by atoms with Crippen molar-refractivity contribution in [3.05, 3.63) is 60.0 Å². The van der Waals surface area contributed by atoms with Crippen molar-refractivity contribution >= 4 is 28.5 Å². The fraction of sp³-hybridized carbons (Fsp3) is 0.250. The summed E-state index contributed by atoms with van der Waals surface area (Å²) in [7, 11) is 0. The predicted octanol–water partition coefficient (Wildman–Crippen LogP) is 4.06. The van der Waals surface area contributed by atoms with Crippen LogP contribution in [0.15, 0.2) is 54.4 Å². The molecule has 0 spiro atoms. The van der Waals surface area contributed by atoms with Gasteiger partial charge >= 0.3 is 0 Å². The molecule has 0 saturated carbocycles. The molecule has 5 rings (SSSR count). The van der Waals surface area contributed by atoms with Crippen molar-refractivity contribution in [1.29, 1.82) is 0 Å². The highest BCUT2D eigenvalue weighted by Crippen LogP contribution is 2.28. The molecular formula is C20H20N6S. The normalized spacial score (nSPS) is 15.3. The minimum Gasteiger partial charge on any atom is -0.337 e. The molecule has 0 bridgehead atoms. The van der Waals surface area contributed by atoms with E-state index >= 15 is 0 Å². The maximum atomic E-state index is 4.77. The summed E-state index contributed by atoms with van der Waals surface area (Å²) in [5.41, 5.74) is 4.07. The summed E-state index contributed by atoms with van der Waals surface area (Å²) >= 11 is 1.58. The summed E-state index contributed by atoms with van der Waals surface area (Å²) in [6.07, 6.45) is 9.89. The Hall–Kier alpha value is -2.77. The number of benzene rings is 1. The fourth-order valence-corrected chi connectivity index (χ4v) is 4.19. The highest BCUT2D eigenvalue weighted by Gasteiger charge is 2.15. The van der Waals surface area contributed by atoms with Crippen molar-refractivity contribution in [2.24, 2.45) is 0 Å². The zero-order valence-corrected chi connectivity index (χ0v) is 15.6. The third-order valence-corrected chi connectivity index (χ3v) is 5.81. The van der Waals surface area contributed by atoms with Gasteiger partial charge in [-0.15, -0.1) is 11.3 Å². The molecule has 136 valence electrons. The first-order valence-electron chi connectivity index (χ1n) is 9.18. The lowest BCUT2D eigenvalue weighted by Crippen LogP contribution is -2.26. The molecule has 0 aliphatic carbocycles. The molecule has 6 nitrogen and oxygen atoms in total. The van der Waals surface area contributed by atoms with Gasteiger partial charge in [0.25, 0.3) is 0 Å². The summed E-state index contributed by atoms with van der Waals surface area (Å²) in [6, 6.07) is 8.72. The van der Waals surface area contributed by atoms with Gasteiger partial charge in [-0.2, -0.15) is 0 Å². The first-order chi connectivity index (χ1) is 13.4. The zero-order chi connectivity index (χ0) is 18.1. The average Bonchev–Trinajstić information content (AvgIpc) is 3.41. The van der Waals surface area contributed by atoms with E-state index in [0.717, 1.165) is 40.9 Å². The Kier molecular flexibility index (Phi) is 4.31. The first kappa shape index (κ1) is 16.4. The molecular weight excluding hydrogens is 356 g/mol. The van der Waals surface area contributed by atoms with Crippen LogP contribution in [0, 0.1) is 0 Å². The number of nitrogens with one attached hydrogen (secondary N) is 2. The molecule has 3 aromatic heterocycles. The number of fused-ring (bicyclic) bond motifs is 1. The van der Waals surface area contributed by atoms with Crippen LogP contribution in [0.5, 0.6) is 0 Å². The van der Waals surface area contributed by atoms with Crippen LogP contribution >= 0.6 is 11.3 Å².